The normalized spacial score (nSPS) is 18.4. The second kappa shape index (κ2) is 5.75. The first kappa shape index (κ1) is 12.7. The van der Waals surface area contributed by atoms with Gasteiger partial charge in [0.25, 0.3) is 0 Å². The SMILES string of the molecule is Cc1nc(CNC2=NCC(c3ccccc3)S2)cs1. The van der Waals surface area contributed by atoms with Crippen LogP contribution in [0.3, 0.4) is 0 Å². The quantitative estimate of drug-likeness (QED) is 0.941. The number of thiazole rings is 1. The van der Waals surface area contributed by atoms with E-state index in [1.165, 1.54) is 5.56 Å². The fourth-order valence-electron chi connectivity index (χ4n) is 1.97. The third-order valence-corrected chi connectivity index (χ3v) is 4.94. The molecule has 2 aromatic rings. The van der Waals surface area contributed by atoms with Crippen LogP contribution in [0, 0.1) is 6.92 Å². The van der Waals surface area contributed by atoms with Crippen molar-refractivity contribution in [2.24, 2.45) is 4.99 Å². The lowest BCUT2D eigenvalue weighted by molar-refractivity contribution is 0.881. The van der Waals surface area contributed by atoms with Gasteiger partial charge in [-0.05, 0) is 12.5 Å². The Balaban J connectivity index is 1.54. The maximum absolute atomic E-state index is 4.56. The van der Waals surface area contributed by atoms with Crippen LogP contribution in [0.25, 0.3) is 0 Å². The Morgan fingerprint density at radius 2 is 2.16 bits per heavy atom. The van der Waals surface area contributed by atoms with E-state index in [0.29, 0.717) is 5.25 Å². The minimum absolute atomic E-state index is 0.445. The molecule has 1 aromatic carbocycles. The number of benzene rings is 1. The van der Waals surface area contributed by atoms with Crippen LogP contribution in [0.4, 0.5) is 0 Å². The minimum atomic E-state index is 0.445. The summed E-state index contributed by atoms with van der Waals surface area (Å²) in [7, 11) is 0. The van der Waals surface area contributed by atoms with Crippen molar-refractivity contribution in [1.82, 2.24) is 10.3 Å². The summed E-state index contributed by atoms with van der Waals surface area (Å²) in [4.78, 5) is 9.00. The molecule has 3 rings (SSSR count). The second-order valence-corrected chi connectivity index (χ2v) is 6.63. The topological polar surface area (TPSA) is 37.3 Å². The van der Waals surface area contributed by atoms with Crippen LogP contribution in [-0.4, -0.2) is 16.7 Å². The second-order valence-electron chi connectivity index (χ2n) is 4.37. The highest BCUT2D eigenvalue weighted by atomic mass is 32.2. The van der Waals surface area contributed by atoms with Gasteiger partial charge in [0.05, 0.1) is 29.0 Å². The van der Waals surface area contributed by atoms with Crippen LogP contribution in [0.15, 0.2) is 40.7 Å². The Hall–Kier alpha value is -1.33. The lowest BCUT2D eigenvalue weighted by atomic mass is 10.1. The fraction of sp³-hybridized carbons (Fsp3) is 0.286. The monoisotopic (exact) mass is 289 g/mol. The van der Waals surface area contributed by atoms with E-state index in [1.54, 1.807) is 23.1 Å². The Morgan fingerprint density at radius 1 is 1.32 bits per heavy atom. The molecule has 5 heteroatoms. The van der Waals surface area contributed by atoms with E-state index in [9.17, 15) is 0 Å². The van der Waals surface area contributed by atoms with Gasteiger partial charge in [0.1, 0.15) is 0 Å². The zero-order chi connectivity index (χ0) is 13.1. The van der Waals surface area contributed by atoms with Gasteiger partial charge >= 0.3 is 0 Å². The van der Waals surface area contributed by atoms with Gasteiger partial charge in [0.2, 0.25) is 0 Å². The molecule has 0 fully saturated rings. The van der Waals surface area contributed by atoms with Crippen molar-refractivity contribution in [3.8, 4) is 0 Å². The van der Waals surface area contributed by atoms with Crippen LogP contribution in [0.1, 0.15) is 21.5 Å². The molecule has 0 radical (unpaired) electrons. The summed E-state index contributed by atoms with van der Waals surface area (Å²) in [5.41, 5.74) is 2.44. The van der Waals surface area contributed by atoms with Crippen molar-refractivity contribution in [2.45, 2.75) is 18.7 Å². The van der Waals surface area contributed by atoms with Crippen LogP contribution in [0.2, 0.25) is 0 Å². The number of nitrogens with zero attached hydrogens (tertiary/aromatic N) is 2. The Labute approximate surface area is 121 Å². The highest BCUT2D eigenvalue weighted by molar-refractivity contribution is 8.14. The number of aromatic nitrogens is 1. The molecule has 1 unspecified atom stereocenters. The zero-order valence-electron chi connectivity index (χ0n) is 10.7. The summed E-state index contributed by atoms with van der Waals surface area (Å²) >= 11 is 3.49. The van der Waals surface area contributed by atoms with Crippen LogP contribution >= 0.6 is 23.1 Å². The van der Waals surface area contributed by atoms with Crippen LogP contribution < -0.4 is 5.32 Å². The van der Waals surface area contributed by atoms with E-state index in [4.69, 9.17) is 0 Å². The molecule has 0 bridgehead atoms. The molecule has 0 aliphatic carbocycles. The minimum Gasteiger partial charge on any atom is -0.359 e. The summed E-state index contributed by atoms with van der Waals surface area (Å²) < 4.78 is 0. The molecule has 1 aliphatic heterocycles. The fourth-order valence-corrected chi connectivity index (χ4v) is 3.60. The summed E-state index contributed by atoms with van der Waals surface area (Å²) in [5, 5.41) is 8.05. The van der Waals surface area contributed by atoms with E-state index >= 15 is 0 Å². The molecule has 1 aliphatic rings. The average molecular weight is 289 g/mol. The summed E-state index contributed by atoms with van der Waals surface area (Å²) in [6.45, 7) is 3.65. The van der Waals surface area contributed by atoms with Gasteiger partial charge in [0, 0.05) is 5.38 Å². The van der Waals surface area contributed by atoms with E-state index in [1.807, 2.05) is 13.0 Å². The molecule has 0 saturated carbocycles. The first-order chi connectivity index (χ1) is 9.31. The molecule has 1 N–H and O–H groups in total. The molecule has 19 heavy (non-hydrogen) atoms. The maximum atomic E-state index is 4.56. The van der Waals surface area contributed by atoms with Crippen molar-refractivity contribution >= 4 is 28.3 Å². The number of hydrogen-bond donors (Lipinski definition) is 1. The first-order valence-electron chi connectivity index (χ1n) is 6.22. The van der Waals surface area contributed by atoms with Crippen molar-refractivity contribution in [1.29, 1.82) is 0 Å². The van der Waals surface area contributed by atoms with Gasteiger partial charge in [-0.25, -0.2) is 4.98 Å². The number of aliphatic imine (C=N–C) groups is 1. The van der Waals surface area contributed by atoms with E-state index in [2.05, 4.69) is 44.9 Å². The Bertz CT molecular complexity index is 577. The van der Waals surface area contributed by atoms with E-state index in [0.717, 1.165) is 29.0 Å². The number of amidine groups is 1. The largest absolute Gasteiger partial charge is 0.359 e. The van der Waals surface area contributed by atoms with Gasteiger partial charge in [0.15, 0.2) is 5.17 Å². The van der Waals surface area contributed by atoms with Crippen molar-refractivity contribution in [3.63, 3.8) is 0 Å². The highest BCUT2D eigenvalue weighted by Gasteiger charge is 2.20. The number of hydrogen-bond acceptors (Lipinski definition) is 5. The maximum Gasteiger partial charge on any atom is 0.157 e. The summed E-state index contributed by atoms with van der Waals surface area (Å²) in [6, 6.07) is 10.5. The molecule has 0 spiro atoms. The van der Waals surface area contributed by atoms with Crippen molar-refractivity contribution in [2.75, 3.05) is 6.54 Å². The predicted octanol–water partition coefficient (Wildman–Crippen LogP) is 3.39. The molecule has 0 saturated heterocycles. The van der Waals surface area contributed by atoms with Crippen LogP contribution in [0.5, 0.6) is 0 Å². The molecule has 3 nitrogen and oxygen atoms in total. The van der Waals surface area contributed by atoms with Gasteiger partial charge in [-0.3, -0.25) is 4.99 Å². The number of nitrogens with one attached hydrogen (secondary N) is 1. The third-order valence-electron chi connectivity index (χ3n) is 2.91. The standard InChI is InChI=1S/C14H15N3S2/c1-10-17-12(9-18-10)7-15-14-16-8-13(19-14)11-5-3-2-4-6-11/h2-6,9,13H,7-8H2,1H3,(H,15,16). The molecule has 1 atom stereocenters. The smallest absolute Gasteiger partial charge is 0.157 e. The van der Waals surface area contributed by atoms with Gasteiger partial charge in [-0.1, -0.05) is 42.1 Å². The molecule has 0 amide bonds. The van der Waals surface area contributed by atoms with Gasteiger partial charge < -0.3 is 5.32 Å². The first-order valence-corrected chi connectivity index (χ1v) is 7.98. The number of aryl methyl sites for hydroxylation is 1. The predicted molar refractivity (Wildman–Crippen MR) is 82.8 cm³/mol. The highest BCUT2D eigenvalue weighted by Crippen LogP contribution is 2.34. The van der Waals surface area contributed by atoms with Crippen LogP contribution in [-0.2, 0) is 6.54 Å². The number of rotatable bonds is 3. The summed E-state index contributed by atoms with van der Waals surface area (Å²) in [6.07, 6.45) is 0. The lowest BCUT2D eigenvalue weighted by Crippen LogP contribution is -2.18. The lowest BCUT2D eigenvalue weighted by Gasteiger charge is -2.08. The van der Waals surface area contributed by atoms with Crippen molar-refractivity contribution < 1.29 is 0 Å². The van der Waals surface area contributed by atoms with Gasteiger partial charge in [-0.15, -0.1) is 11.3 Å². The molecular weight excluding hydrogens is 274 g/mol. The third kappa shape index (κ3) is 3.16. The zero-order valence-corrected chi connectivity index (χ0v) is 12.3. The van der Waals surface area contributed by atoms with E-state index < -0.39 is 0 Å². The average Bonchev–Trinajstić information content (AvgIpc) is 3.06. The van der Waals surface area contributed by atoms with Crippen molar-refractivity contribution in [3.05, 3.63) is 52.0 Å². The molecule has 1 aromatic heterocycles. The van der Waals surface area contributed by atoms with Gasteiger partial charge in [-0.2, -0.15) is 0 Å². The molecule has 2 heterocycles. The summed E-state index contributed by atoms with van der Waals surface area (Å²) in [5.74, 6) is 0. The Kier molecular flexibility index (Phi) is 3.84. The Morgan fingerprint density at radius 3 is 2.89 bits per heavy atom. The molecular formula is C14H15N3S2. The van der Waals surface area contributed by atoms with E-state index in [-0.39, 0.29) is 0 Å². The number of thioether (sulfide) groups is 1. The molecule has 98 valence electrons.